The van der Waals surface area contributed by atoms with Crippen molar-refractivity contribution in [2.24, 2.45) is 5.92 Å². The maximum atomic E-state index is 12.9. The molecule has 0 radical (unpaired) electrons. The van der Waals surface area contributed by atoms with Crippen molar-refractivity contribution in [2.45, 2.75) is 68.8 Å². The van der Waals surface area contributed by atoms with E-state index in [1.54, 1.807) is 0 Å². The summed E-state index contributed by atoms with van der Waals surface area (Å²) in [5.74, 6) is 1.08. The van der Waals surface area contributed by atoms with Crippen LogP contribution in [0.2, 0.25) is 0 Å². The van der Waals surface area contributed by atoms with E-state index in [0.29, 0.717) is 18.9 Å². The fourth-order valence-corrected chi connectivity index (χ4v) is 5.38. The van der Waals surface area contributed by atoms with Gasteiger partial charge in [0.2, 0.25) is 0 Å². The van der Waals surface area contributed by atoms with Crippen LogP contribution in [0.25, 0.3) is 0 Å². The number of ether oxygens (including phenoxy) is 1. The lowest BCUT2D eigenvalue weighted by atomic mass is 9.83. The summed E-state index contributed by atoms with van der Waals surface area (Å²) in [5.41, 5.74) is -0.00131. The first kappa shape index (κ1) is 15.9. The molecule has 3 fully saturated rings. The Balaban J connectivity index is 1.53. The Labute approximate surface area is 128 Å². The largest absolute Gasteiger partial charge is 0.391 e. The number of nitrogens with one attached hydrogen (secondary N) is 1. The molecule has 2 nitrogen and oxygen atoms in total. The first-order valence-electron chi connectivity index (χ1n) is 8.01. The summed E-state index contributed by atoms with van der Waals surface area (Å²) in [4.78, 5) is 0. The lowest BCUT2D eigenvalue weighted by Crippen LogP contribution is -2.51. The van der Waals surface area contributed by atoms with E-state index >= 15 is 0 Å². The lowest BCUT2D eigenvalue weighted by Gasteiger charge is -2.41. The minimum atomic E-state index is -4.03. The molecule has 122 valence electrons. The third-order valence-electron chi connectivity index (χ3n) is 5.17. The molecule has 1 N–H and O–H groups in total. The van der Waals surface area contributed by atoms with Crippen LogP contribution < -0.4 is 5.32 Å². The summed E-state index contributed by atoms with van der Waals surface area (Å²) in [5, 5.41) is 3.52. The molecular formula is C15H24F3NOS. The second-order valence-electron chi connectivity index (χ2n) is 6.79. The topological polar surface area (TPSA) is 21.3 Å². The summed E-state index contributed by atoms with van der Waals surface area (Å²) in [7, 11) is 0. The van der Waals surface area contributed by atoms with E-state index in [2.05, 4.69) is 5.32 Å². The van der Waals surface area contributed by atoms with Gasteiger partial charge in [0.25, 0.3) is 0 Å². The summed E-state index contributed by atoms with van der Waals surface area (Å²) in [6.45, 7) is 0.744. The normalized spacial score (nSPS) is 41.6. The highest BCUT2D eigenvalue weighted by Crippen LogP contribution is 2.40. The summed E-state index contributed by atoms with van der Waals surface area (Å²) in [6, 6.07) is 0.356. The number of alkyl halides is 3. The van der Waals surface area contributed by atoms with Gasteiger partial charge in [-0.3, -0.25) is 0 Å². The van der Waals surface area contributed by atoms with Crippen LogP contribution in [0.15, 0.2) is 0 Å². The summed E-state index contributed by atoms with van der Waals surface area (Å²) >= 11 is 1.93. The van der Waals surface area contributed by atoms with Crippen molar-refractivity contribution in [1.29, 1.82) is 0 Å². The fraction of sp³-hybridized carbons (Fsp3) is 1.00. The van der Waals surface area contributed by atoms with Gasteiger partial charge in [-0.1, -0.05) is 6.42 Å². The predicted octanol–water partition coefficient (Wildman–Crippen LogP) is 3.75. The van der Waals surface area contributed by atoms with Gasteiger partial charge in [0.05, 0.1) is 11.5 Å². The molecule has 1 saturated carbocycles. The minimum absolute atomic E-state index is 0.00131. The molecule has 21 heavy (non-hydrogen) atoms. The molecule has 2 saturated heterocycles. The van der Waals surface area contributed by atoms with E-state index in [-0.39, 0.29) is 18.1 Å². The van der Waals surface area contributed by atoms with Gasteiger partial charge in [-0.2, -0.15) is 24.9 Å². The minimum Gasteiger partial charge on any atom is -0.374 e. The average molecular weight is 323 g/mol. The van der Waals surface area contributed by atoms with E-state index in [4.69, 9.17) is 4.74 Å². The molecule has 3 rings (SSSR count). The molecule has 1 spiro atoms. The number of halogens is 3. The molecule has 2 aliphatic heterocycles. The molecule has 4 atom stereocenters. The monoisotopic (exact) mass is 323 g/mol. The van der Waals surface area contributed by atoms with Gasteiger partial charge < -0.3 is 10.1 Å². The fourth-order valence-electron chi connectivity index (χ4n) is 4.01. The Hall–Kier alpha value is 0.0600. The Morgan fingerprint density at radius 2 is 2.00 bits per heavy atom. The van der Waals surface area contributed by atoms with Gasteiger partial charge in [0.1, 0.15) is 0 Å². The van der Waals surface area contributed by atoms with Crippen LogP contribution in [0, 0.1) is 5.92 Å². The van der Waals surface area contributed by atoms with Gasteiger partial charge in [0.15, 0.2) is 0 Å². The second kappa shape index (κ2) is 6.28. The Morgan fingerprint density at radius 3 is 2.71 bits per heavy atom. The summed E-state index contributed by atoms with van der Waals surface area (Å²) in [6.07, 6.45) is 1.08. The molecule has 6 heteroatoms. The second-order valence-corrected chi connectivity index (χ2v) is 7.90. The highest BCUT2D eigenvalue weighted by molar-refractivity contribution is 7.99. The Kier molecular flexibility index (Phi) is 4.77. The predicted molar refractivity (Wildman–Crippen MR) is 78.6 cm³/mol. The first-order valence-corrected chi connectivity index (χ1v) is 9.17. The quantitative estimate of drug-likeness (QED) is 0.836. The van der Waals surface area contributed by atoms with Crippen molar-refractivity contribution in [3.05, 3.63) is 0 Å². The van der Waals surface area contributed by atoms with E-state index in [1.807, 2.05) is 11.8 Å². The highest BCUT2D eigenvalue weighted by Gasteiger charge is 2.44. The van der Waals surface area contributed by atoms with Crippen LogP contribution in [0.3, 0.4) is 0 Å². The van der Waals surface area contributed by atoms with Crippen LogP contribution in [0.5, 0.6) is 0 Å². The molecular weight excluding hydrogens is 299 g/mol. The number of hydrogen-bond acceptors (Lipinski definition) is 3. The SMILES string of the molecule is FC(F)(F)[C@@H]1CCC[C@H](N[C@H]2CCO[C@]3(CCSC3)C2)C1. The number of hydrogen-bond donors (Lipinski definition) is 1. The van der Waals surface area contributed by atoms with E-state index in [1.165, 1.54) is 0 Å². The molecule has 0 aromatic carbocycles. The molecule has 0 bridgehead atoms. The Morgan fingerprint density at radius 1 is 1.14 bits per heavy atom. The molecule has 1 aliphatic carbocycles. The van der Waals surface area contributed by atoms with Gasteiger partial charge in [0, 0.05) is 24.4 Å². The number of rotatable bonds is 2. The van der Waals surface area contributed by atoms with Gasteiger partial charge in [-0.25, -0.2) is 0 Å². The smallest absolute Gasteiger partial charge is 0.374 e. The Bertz CT molecular complexity index is 357. The molecule has 0 aromatic heterocycles. The van der Waals surface area contributed by atoms with E-state index < -0.39 is 12.1 Å². The van der Waals surface area contributed by atoms with Crippen LogP contribution in [0.4, 0.5) is 13.2 Å². The van der Waals surface area contributed by atoms with Crippen molar-refractivity contribution in [3.8, 4) is 0 Å². The average Bonchev–Trinajstić information content (AvgIpc) is 2.86. The van der Waals surface area contributed by atoms with E-state index in [9.17, 15) is 13.2 Å². The van der Waals surface area contributed by atoms with E-state index in [0.717, 1.165) is 43.8 Å². The van der Waals surface area contributed by atoms with Crippen molar-refractivity contribution in [1.82, 2.24) is 5.32 Å². The van der Waals surface area contributed by atoms with Crippen LogP contribution >= 0.6 is 11.8 Å². The van der Waals surface area contributed by atoms with Crippen molar-refractivity contribution < 1.29 is 17.9 Å². The third kappa shape index (κ3) is 3.88. The maximum Gasteiger partial charge on any atom is 0.391 e. The van der Waals surface area contributed by atoms with Gasteiger partial charge in [-0.05, 0) is 44.3 Å². The zero-order valence-corrected chi connectivity index (χ0v) is 13.1. The standard InChI is InChI=1S/C15H24F3NOS/c16-15(17,18)11-2-1-3-12(8-11)19-13-4-6-20-14(9-13)5-7-21-10-14/h11-13,19H,1-10H2/t11-,12+,13+,14-/m1/s1. The number of thioether (sulfide) groups is 1. The third-order valence-corrected chi connectivity index (χ3v) is 6.39. The van der Waals surface area contributed by atoms with Crippen LogP contribution in [-0.2, 0) is 4.74 Å². The molecule has 0 amide bonds. The maximum absolute atomic E-state index is 12.9. The van der Waals surface area contributed by atoms with Crippen molar-refractivity contribution >= 4 is 11.8 Å². The van der Waals surface area contributed by atoms with Gasteiger partial charge >= 0.3 is 6.18 Å². The van der Waals surface area contributed by atoms with Gasteiger partial charge in [-0.15, -0.1) is 0 Å². The first-order chi connectivity index (χ1) is 9.97. The zero-order valence-electron chi connectivity index (χ0n) is 12.3. The zero-order chi connectivity index (χ0) is 14.9. The lowest BCUT2D eigenvalue weighted by molar-refractivity contribution is -0.184. The molecule has 0 unspecified atom stereocenters. The highest BCUT2D eigenvalue weighted by atomic mass is 32.2. The van der Waals surface area contributed by atoms with Crippen molar-refractivity contribution in [2.75, 3.05) is 18.1 Å². The molecule has 2 heterocycles. The van der Waals surface area contributed by atoms with Crippen LogP contribution in [0.1, 0.15) is 44.9 Å². The van der Waals surface area contributed by atoms with Crippen molar-refractivity contribution in [3.63, 3.8) is 0 Å². The summed E-state index contributed by atoms with van der Waals surface area (Å²) < 4.78 is 44.6. The van der Waals surface area contributed by atoms with Crippen LogP contribution in [-0.4, -0.2) is 42.0 Å². The molecule has 0 aromatic rings. The molecule has 3 aliphatic rings.